The standard InChI is InChI=1S/C22H26BrN3O/c1-14(22-9-15-6-16(10-22)8-17(7-15)11-22)26-21(27)18(12-24)13-25-20-5-3-2-4-19(20)23/h2-5,13-17,25H,6-11H2,1H3,(H,26,27)/b18-13-. The van der Waals surface area contributed by atoms with Gasteiger partial charge in [0.1, 0.15) is 11.6 Å². The number of hydrogen-bond acceptors (Lipinski definition) is 3. The zero-order valence-corrected chi connectivity index (χ0v) is 17.3. The molecule has 0 radical (unpaired) electrons. The van der Waals surface area contributed by atoms with Crippen LogP contribution in [-0.4, -0.2) is 11.9 Å². The van der Waals surface area contributed by atoms with Crippen molar-refractivity contribution in [3.05, 3.63) is 40.5 Å². The van der Waals surface area contributed by atoms with Gasteiger partial charge in [-0.15, -0.1) is 0 Å². The van der Waals surface area contributed by atoms with Crippen molar-refractivity contribution in [2.24, 2.45) is 23.2 Å². The lowest BCUT2D eigenvalue weighted by Crippen LogP contribution is -2.56. The van der Waals surface area contributed by atoms with E-state index in [1.54, 1.807) is 0 Å². The Labute approximate surface area is 169 Å². The molecule has 0 spiro atoms. The van der Waals surface area contributed by atoms with Gasteiger partial charge in [-0.1, -0.05) is 12.1 Å². The number of halogens is 1. The smallest absolute Gasteiger partial charge is 0.263 e. The highest BCUT2D eigenvalue weighted by atomic mass is 79.9. The summed E-state index contributed by atoms with van der Waals surface area (Å²) in [6, 6.07) is 9.79. The molecule has 1 unspecified atom stereocenters. The molecule has 142 valence electrons. The van der Waals surface area contributed by atoms with Crippen LogP contribution < -0.4 is 10.6 Å². The van der Waals surface area contributed by atoms with E-state index in [0.717, 1.165) is 27.9 Å². The Morgan fingerprint density at radius 2 is 1.81 bits per heavy atom. The second-order valence-electron chi connectivity index (χ2n) is 8.77. The summed E-state index contributed by atoms with van der Waals surface area (Å²) in [7, 11) is 0. The highest BCUT2D eigenvalue weighted by Gasteiger charge is 2.53. The number of anilines is 1. The number of nitrogens with zero attached hydrogens (tertiary/aromatic N) is 1. The first-order valence-electron chi connectivity index (χ1n) is 9.91. The Morgan fingerprint density at radius 1 is 1.22 bits per heavy atom. The quantitative estimate of drug-likeness (QED) is 0.513. The van der Waals surface area contributed by atoms with Crippen molar-refractivity contribution in [2.75, 3.05) is 5.32 Å². The van der Waals surface area contributed by atoms with Gasteiger partial charge in [0.25, 0.3) is 5.91 Å². The van der Waals surface area contributed by atoms with Crippen molar-refractivity contribution in [1.82, 2.24) is 5.32 Å². The molecular formula is C22H26BrN3O. The maximum atomic E-state index is 12.7. The number of nitrogens with one attached hydrogen (secondary N) is 2. The summed E-state index contributed by atoms with van der Waals surface area (Å²) < 4.78 is 0.890. The van der Waals surface area contributed by atoms with Crippen LogP contribution in [0.25, 0.3) is 0 Å². The van der Waals surface area contributed by atoms with Gasteiger partial charge in [0, 0.05) is 16.7 Å². The predicted octanol–water partition coefficient (Wildman–Crippen LogP) is 4.99. The van der Waals surface area contributed by atoms with Crippen molar-refractivity contribution < 1.29 is 4.79 Å². The van der Waals surface area contributed by atoms with E-state index in [9.17, 15) is 10.1 Å². The van der Waals surface area contributed by atoms with E-state index in [-0.39, 0.29) is 22.9 Å². The minimum absolute atomic E-state index is 0.110. The Hall–Kier alpha value is -1.80. The SMILES string of the molecule is CC(NC(=O)/C(C#N)=C\Nc1ccccc1Br)C12CC3CC(CC(C3)C1)C2. The molecule has 0 heterocycles. The van der Waals surface area contributed by atoms with Gasteiger partial charge in [-0.05, 0) is 96.7 Å². The van der Waals surface area contributed by atoms with Crippen molar-refractivity contribution >= 4 is 27.5 Å². The summed E-state index contributed by atoms with van der Waals surface area (Å²) in [5.41, 5.74) is 1.18. The number of nitriles is 1. The van der Waals surface area contributed by atoms with Crippen LogP contribution in [0.15, 0.2) is 40.5 Å². The van der Waals surface area contributed by atoms with Gasteiger partial charge < -0.3 is 10.6 Å². The average molecular weight is 428 g/mol. The minimum Gasteiger partial charge on any atom is -0.359 e. The van der Waals surface area contributed by atoms with Crippen LogP contribution in [0.2, 0.25) is 0 Å². The molecule has 2 N–H and O–H groups in total. The minimum atomic E-state index is -0.278. The molecule has 0 aromatic heterocycles. The molecule has 4 nitrogen and oxygen atoms in total. The molecule has 1 atom stereocenters. The highest BCUT2D eigenvalue weighted by Crippen LogP contribution is 2.61. The van der Waals surface area contributed by atoms with Crippen molar-refractivity contribution in [3.8, 4) is 6.07 Å². The Morgan fingerprint density at radius 3 is 2.37 bits per heavy atom. The molecule has 0 aliphatic heterocycles. The lowest BCUT2D eigenvalue weighted by atomic mass is 9.48. The number of benzene rings is 1. The number of para-hydroxylation sites is 1. The third-order valence-corrected chi connectivity index (χ3v) is 7.65. The Balaban J connectivity index is 1.44. The fraction of sp³-hybridized carbons (Fsp3) is 0.545. The van der Waals surface area contributed by atoms with E-state index in [1.165, 1.54) is 44.7 Å². The summed E-state index contributed by atoms with van der Waals surface area (Å²) in [4.78, 5) is 12.7. The zero-order chi connectivity index (χ0) is 19.0. The van der Waals surface area contributed by atoms with Crippen LogP contribution in [0.1, 0.15) is 45.4 Å². The van der Waals surface area contributed by atoms with Gasteiger partial charge in [0.15, 0.2) is 0 Å². The molecule has 4 aliphatic rings. The van der Waals surface area contributed by atoms with E-state index < -0.39 is 0 Å². The molecule has 27 heavy (non-hydrogen) atoms. The number of rotatable bonds is 5. The van der Waals surface area contributed by atoms with Crippen LogP contribution in [0.5, 0.6) is 0 Å². The van der Waals surface area contributed by atoms with Gasteiger partial charge >= 0.3 is 0 Å². The molecule has 4 aliphatic carbocycles. The molecule has 5 rings (SSSR count). The van der Waals surface area contributed by atoms with Gasteiger partial charge in [-0.3, -0.25) is 4.79 Å². The first-order chi connectivity index (χ1) is 13.0. The first-order valence-corrected chi connectivity index (χ1v) is 10.7. The van der Waals surface area contributed by atoms with Crippen molar-refractivity contribution in [3.63, 3.8) is 0 Å². The summed E-state index contributed by atoms with van der Waals surface area (Å²) in [5.74, 6) is 2.26. The van der Waals surface area contributed by atoms with Crippen LogP contribution in [-0.2, 0) is 4.79 Å². The molecule has 4 saturated carbocycles. The van der Waals surface area contributed by atoms with E-state index in [4.69, 9.17) is 0 Å². The number of carbonyl (C=O) groups excluding carboxylic acids is 1. The zero-order valence-electron chi connectivity index (χ0n) is 15.7. The van der Waals surface area contributed by atoms with Gasteiger partial charge in [0.2, 0.25) is 0 Å². The Kier molecular flexibility index (Phi) is 5.03. The number of carbonyl (C=O) groups is 1. The monoisotopic (exact) mass is 427 g/mol. The van der Waals surface area contributed by atoms with E-state index in [1.807, 2.05) is 30.3 Å². The number of amides is 1. The first kappa shape index (κ1) is 18.6. The van der Waals surface area contributed by atoms with E-state index in [2.05, 4.69) is 33.5 Å². The largest absolute Gasteiger partial charge is 0.359 e. The molecule has 1 aromatic rings. The maximum absolute atomic E-state index is 12.7. The normalized spacial score (nSPS) is 32.6. The summed E-state index contributed by atoms with van der Waals surface area (Å²) in [6.07, 6.45) is 9.38. The average Bonchev–Trinajstić information content (AvgIpc) is 2.62. The van der Waals surface area contributed by atoms with E-state index >= 15 is 0 Å². The fourth-order valence-corrected chi connectivity index (χ4v) is 6.41. The van der Waals surface area contributed by atoms with Crippen molar-refractivity contribution in [2.45, 2.75) is 51.5 Å². The second-order valence-corrected chi connectivity index (χ2v) is 9.62. The van der Waals surface area contributed by atoms with Crippen LogP contribution in [0, 0.1) is 34.5 Å². The lowest BCUT2D eigenvalue weighted by molar-refractivity contribution is -0.122. The van der Waals surface area contributed by atoms with Crippen LogP contribution in [0.4, 0.5) is 5.69 Å². The topological polar surface area (TPSA) is 64.9 Å². The third kappa shape index (κ3) is 3.65. The van der Waals surface area contributed by atoms with Gasteiger partial charge in [0.05, 0.1) is 5.69 Å². The van der Waals surface area contributed by atoms with Gasteiger partial charge in [-0.2, -0.15) is 5.26 Å². The van der Waals surface area contributed by atoms with Crippen LogP contribution >= 0.6 is 15.9 Å². The maximum Gasteiger partial charge on any atom is 0.263 e. The summed E-state index contributed by atoms with van der Waals surface area (Å²) >= 11 is 3.46. The third-order valence-electron chi connectivity index (χ3n) is 6.96. The molecule has 4 bridgehead atoms. The molecule has 5 heteroatoms. The summed E-state index contributed by atoms with van der Waals surface area (Å²) in [5, 5.41) is 15.7. The lowest BCUT2D eigenvalue weighted by Gasteiger charge is -2.59. The predicted molar refractivity (Wildman–Crippen MR) is 110 cm³/mol. The summed E-state index contributed by atoms with van der Waals surface area (Å²) in [6.45, 7) is 2.14. The van der Waals surface area contributed by atoms with Gasteiger partial charge in [-0.25, -0.2) is 0 Å². The fourth-order valence-electron chi connectivity index (χ4n) is 6.01. The molecule has 1 amide bonds. The molecule has 1 aromatic carbocycles. The van der Waals surface area contributed by atoms with Crippen LogP contribution in [0.3, 0.4) is 0 Å². The highest BCUT2D eigenvalue weighted by molar-refractivity contribution is 9.10. The molecule has 0 saturated heterocycles. The van der Waals surface area contributed by atoms with E-state index in [0.29, 0.717) is 0 Å². The van der Waals surface area contributed by atoms with Crippen molar-refractivity contribution in [1.29, 1.82) is 5.26 Å². The second kappa shape index (κ2) is 7.31. The Bertz CT molecular complexity index is 775. The number of hydrogen-bond donors (Lipinski definition) is 2. The molecule has 4 fully saturated rings. The molecular weight excluding hydrogens is 402 g/mol.